The Balaban J connectivity index is 1.80. The second-order valence-corrected chi connectivity index (χ2v) is 4.52. The van der Waals surface area contributed by atoms with E-state index in [1.165, 1.54) is 17.2 Å². The number of carbonyl (C=O) groups is 1. The van der Waals surface area contributed by atoms with E-state index < -0.39 is 0 Å². The molecule has 0 bridgehead atoms. The summed E-state index contributed by atoms with van der Waals surface area (Å²) in [5.74, 6) is -0.270. The van der Waals surface area contributed by atoms with Crippen LogP contribution in [0.2, 0.25) is 5.15 Å². The maximum absolute atomic E-state index is 12.1. The van der Waals surface area contributed by atoms with Crippen molar-refractivity contribution in [3.63, 3.8) is 0 Å². The van der Waals surface area contributed by atoms with Gasteiger partial charge < -0.3 is 5.32 Å². The van der Waals surface area contributed by atoms with Gasteiger partial charge in [0.2, 0.25) is 0 Å². The minimum Gasteiger partial charge on any atom is -0.322 e. The van der Waals surface area contributed by atoms with Crippen molar-refractivity contribution in [2.24, 2.45) is 0 Å². The van der Waals surface area contributed by atoms with Gasteiger partial charge in [-0.2, -0.15) is 0 Å². The predicted molar refractivity (Wildman–Crippen MR) is 76.4 cm³/mol. The van der Waals surface area contributed by atoms with Crippen molar-refractivity contribution in [1.29, 1.82) is 0 Å². The Hall–Kier alpha value is -2.80. The Labute approximate surface area is 124 Å². The molecule has 21 heavy (non-hydrogen) atoms. The van der Waals surface area contributed by atoms with Crippen LogP contribution in [0.5, 0.6) is 0 Å². The summed E-state index contributed by atoms with van der Waals surface area (Å²) >= 11 is 5.69. The smallest absolute Gasteiger partial charge is 0.257 e. The van der Waals surface area contributed by atoms with Crippen molar-refractivity contribution in [3.8, 4) is 5.69 Å². The van der Waals surface area contributed by atoms with Crippen LogP contribution in [0.3, 0.4) is 0 Å². The standard InChI is InChI=1S/C13H9ClN6O/c14-12-5-4-9(7-15-12)13(21)17-10-2-1-3-11(6-10)20-8-16-18-19-20/h1-8H,(H,17,21). The summed E-state index contributed by atoms with van der Waals surface area (Å²) < 4.78 is 1.50. The third-order valence-electron chi connectivity index (χ3n) is 2.71. The molecule has 2 aromatic heterocycles. The summed E-state index contributed by atoms with van der Waals surface area (Å²) in [5, 5.41) is 14.0. The molecule has 1 amide bonds. The van der Waals surface area contributed by atoms with Gasteiger partial charge in [0.25, 0.3) is 5.91 Å². The largest absolute Gasteiger partial charge is 0.322 e. The number of aromatic nitrogens is 5. The van der Waals surface area contributed by atoms with Crippen molar-refractivity contribution in [2.45, 2.75) is 0 Å². The van der Waals surface area contributed by atoms with E-state index in [1.807, 2.05) is 6.07 Å². The van der Waals surface area contributed by atoms with Gasteiger partial charge in [0.05, 0.1) is 11.3 Å². The summed E-state index contributed by atoms with van der Waals surface area (Å²) in [4.78, 5) is 16.0. The van der Waals surface area contributed by atoms with Gasteiger partial charge in [0, 0.05) is 11.9 Å². The van der Waals surface area contributed by atoms with Crippen molar-refractivity contribution < 1.29 is 4.79 Å². The predicted octanol–water partition coefficient (Wildman–Crippen LogP) is 1.96. The van der Waals surface area contributed by atoms with Crippen molar-refractivity contribution in [1.82, 2.24) is 25.2 Å². The normalized spacial score (nSPS) is 10.3. The summed E-state index contributed by atoms with van der Waals surface area (Å²) in [6.45, 7) is 0. The SMILES string of the molecule is O=C(Nc1cccc(-n2cnnn2)c1)c1ccc(Cl)nc1. The number of nitrogens with one attached hydrogen (secondary N) is 1. The molecule has 7 nitrogen and oxygen atoms in total. The van der Waals surface area contributed by atoms with Crippen LogP contribution in [-0.4, -0.2) is 31.1 Å². The van der Waals surface area contributed by atoms with Crippen molar-refractivity contribution >= 4 is 23.2 Å². The van der Waals surface area contributed by atoms with Gasteiger partial charge in [-0.25, -0.2) is 9.67 Å². The molecular weight excluding hydrogens is 292 g/mol. The highest BCUT2D eigenvalue weighted by atomic mass is 35.5. The molecule has 1 N–H and O–H groups in total. The highest BCUT2D eigenvalue weighted by molar-refractivity contribution is 6.29. The van der Waals surface area contributed by atoms with E-state index in [1.54, 1.807) is 30.3 Å². The number of amides is 1. The van der Waals surface area contributed by atoms with E-state index in [4.69, 9.17) is 11.6 Å². The van der Waals surface area contributed by atoms with Crippen molar-refractivity contribution in [3.05, 3.63) is 59.6 Å². The minimum absolute atomic E-state index is 0.270. The summed E-state index contributed by atoms with van der Waals surface area (Å²) in [6, 6.07) is 10.3. The zero-order chi connectivity index (χ0) is 14.7. The third kappa shape index (κ3) is 3.03. The molecule has 3 aromatic rings. The van der Waals surface area contributed by atoms with Crippen LogP contribution in [-0.2, 0) is 0 Å². The number of hydrogen-bond donors (Lipinski definition) is 1. The van der Waals surface area contributed by atoms with E-state index in [-0.39, 0.29) is 5.91 Å². The van der Waals surface area contributed by atoms with Gasteiger partial charge in [0.1, 0.15) is 11.5 Å². The van der Waals surface area contributed by atoms with E-state index in [0.29, 0.717) is 16.4 Å². The third-order valence-corrected chi connectivity index (χ3v) is 2.93. The van der Waals surface area contributed by atoms with E-state index in [9.17, 15) is 4.79 Å². The Morgan fingerprint density at radius 2 is 2.14 bits per heavy atom. The molecule has 3 rings (SSSR count). The van der Waals surface area contributed by atoms with E-state index in [2.05, 4.69) is 25.8 Å². The molecule has 0 aliphatic heterocycles. The topological polar surface area (TPSA) is 85.6 Å². The Morgan fingerprint density at radius 1 is 1.24 bits per heavy atom. The number of pyridine rings is 1. The highest BCUT2D eigenvalue weighted by Crippen LogP contribution is 2.15. The lowest BCUT2D eigenvalue weighted by Gasteiger charge is -2.07. The number of benzene rings is 1. The van der Waals surface area contributed by atoms with E-state index >= 15 is 0 Å². The molecule has 0 spiro atoms. The number of hydrogen-bond acceptors (Lipinski definition) is 5. The number of anilines is 1. The maximum atomic E-state index is 12.1. The average molecular weight is 301 g/mol. The number of tetrazole rings is 1. The molecule has 8 heteroatoms. The quantitative estimate of drug-likeness (QED) is 0.747. The van der Waals surface area contributed by atoms with E-state index in [0.717, 1.165) is 5.69 Å². The fraction of sp³-hybridized carbons (Fsp3) is 0. The molecular formula is C13H9ClN6O. The molecule has 104 valence electrons. The molecule has 0 fully saturated rings. The molecule has 0 atom stereocenters. The molecule has 0 saturated heterocycles. The fourth-order valence-electron chi connectivity index (χ4n) is 1.72. The van der Waals surface area contributed by atoms with Gasteiger partial charge in [-0.05, 0) is 40.8 Å². The van der Waals surface area contributed by atoms with Gasteiger partial charge in [-0.15, -0.1) is 5.10 Å². The molecule has 0 aliphatic rings. The molecule has 1 aromatic carbocycles. The Bertz CT molecular complexity index is 757. The van der Waals surface area contributed by atoms with Gasteiger partial charge in [-0.1, -0.05) is 17.7 Å². The van der Waals surface area contributed by atoms with Crippen LogP contribution in [0.25, 0.3) is 5.69 Å². The second-order valence-electron chi connectivity index (χ2n) is 4.13. The van der Waals surface area contributed by atoms with Gasteiger partial charge in [-0.3, -0.25) is 4.79 Å². The van der Waals surface area contributed by atoms with Gasteiger partial charge >= 0.3 is 0 Å². The summed E-state index contributed by atoms with van der Waals surface area (Å²) in [5.41, 5.74) is 1.79. The molecule has 2 heterocycles. The number of rotatable bonds is 3. The second kappa shape index (κ2) is 5.68. The number of carbonyl (C=O) groups excluding carboxylic acids is 1. The average Bonchev–Trinajstić information content (AvgIpc) is 3.02. The molecule has 0 saturated carbocycles. The maximum Gasteiger partial charge on any atom is 0.257 e. The fourth-order valence-corrected chi connectivity index (χ4v) is 1.83. The lowest BCUT2D eigenvalue weighted by Crippen LogP contribution is -2.12. The first-order valence-electron chi connectivity index (χ1n) is 5.99. The molecule has 0 radical (unpaired) electrons. The molecule has 0 aliphatic carbocycles. The van der Waals surface area contributed by atoms with Crippen LogP contribution in [0.4, 0.5) is 5.69 Å². The van der Waals surface area contributed by atoms with Gasteiger partial charge in [0.15, 0.2) is 0 Å². The van der Waals surface area contributed by atoms with Crippen LogP contribution in [0.15, 0.2) is 48.9 Å². The van der Waals surface area contributed by atoms with Crippen molar-refractivity contribution in [2.75, 3.05) is 5.32 Å². The first-order valence-corrected chi connectivity index (χ1v) is 6.36. The number of halogens is 1. The highest BCUT2D eigenvalue weighted by Gasteiger charge is 2.07. The number of nitrogens with zero attached hydrogens (tertiary/aromatic N) is 5. The zero-order valence-corrected chi connectivity index (χ0v) is 11.4. The van der Waals surface area contributed by atoms with Crippen LogP contribution in [0.1, 0.15) is 10.4 Å². The minimum atomic E-state index is -0.270. The Kier molecular flexibility index (Phi) is 3.57. The monoisotopic (exact) mass is 300 g/mol. The Morgan fingerprint density at radius 3 is 2.86 bits per heavy atom. The first-order chi connectivity index (χ1) is 10.2. The summed E-state index contributed by atoms with van der Waals surface area (Å²) in [6.07, 6.45) is 2.90. The van der Waals surface area contributed by atoms with Crippen LogP contribution in [0, 0.1) is 0 Å². The lowest BCUT2D eigenvalue weighted by molar-refractivity contribution is 0.102. The lowest BCUT2D eigenvalue weighted by atomic mass is 10.2. The van der Waals surface area contributed by atoms with Crippen LogP contribution >= 0.6 is 11.6 Å². The summed E-state index contributed by atoms with van der Waals surface area (Å²) in [7, 11) is 0. The molecule has 0 unspecified atom stereocenters. The zero-order valence-electron chi connectivity index (χ0n) is 10.6. The first kappa shape index (κ1) is 13.2. The van der Waals surface area contributed by atoms with Crippen LogP contribution < -0.4 is 5.32 Å².